The number of rotatable bonds is 5. The molecule has 1 fully saturated rings. The fourth-order valence-electron chi connectivity index (χ4n) is 4.72. The number of benzene rings is 2. The van der Waals surface area contributed by atoms with Crippen molar-refractivity contribution in [2.24, 2.45) is 5.92 Å². The Kier molecular flexibility index (Phi) is 6.86. The standard InChI is InChI=1S/C25H31N3O4S/c1-18-11-14-27(15-12-18)33(31,32)22-9-7-21(8-10-22)26-25(30)17-24-23-6-4-3-5-20(23)13-16-28(24)19(2)29/h3-10,18,24H,11-17H2,1-2H3,(H,26,30). The summed E-state index contributed by atoms with van der Waals surface area (Å²) in [6, 6.07) is 13.9. The van der Waals surface area contributed by atoms with Crippen molar-refractivity contribution in [3.05, 3.63) is 59.7 Å². The highest BCUT2D eigenvalue weighted by Crippen LogP contribution is 2.32. The number of amides is 2. The summed E-state index contributed by atoms with van der Waals surface area (Å²) in [6.45, 7) is 5.34. The van der Waals surface area contributed by atoms with Crippen LogP contribution in [-0.2, 0) is 26.0 Å². The first kappa shape index (κ1) is 23.4. The van der Waals surface area contributed by atoms with Gasteiger partial charge in [0.15, 0.2) is 0 Å². The van der Waals surface area contributed by atoms with Crippen LogP contribution in [0, 0.1) is 5.92 Å². The molecule has 8 heteroatoms. The summed E-state index contributed by atoms with van der Waals surface area (Å²) in [5.41, 5.74) is 2.70. The van der Waals surface area contributed by atoms with E-state index in [9.17, 15) is 18.0 Å². The molecule has 0 bridgehead atoms. The summed E-state index contributed by atoms with van der Waals surface area (Å²) in [5.74, 6) is 0.275. The average Bonchev–Trinajstić information content (AvgIpc) is 2.79. The molecule has 2 heterocycles. The number of piperidine rings is 1. The van der Waals surface area contributed by atoms with E-state index in [0.717, 1.165) is 30.4 Å². The Balaban J connectivity index is 1.44. The third-order valence-electron chi connectivity index (χ3n) is 6.71. The van der Waals surface area contributed by atoms with Crippen LogP contribution in [0.2, 0.25) is 0 Å². The minimum Gasteiger partial charge on any atom is -0.335 e. The molecule has 2 amide bonds. The summed E-state index contributed by atoms with van der Waals surface area (Å²) >= 11 is 0. The predicted octanol–water partition coefficient (Wildman–Crippen LogP) is 3.58. The van der Waals surface area contributed by atoms with Gasteiger partial charge < -0.3 is 10.2 Å². The molecule has 2 aliphatic rings. The average molecular weight is 470 g/mol. The number of carbonyl (C=O) groups is 2. The van der Waals surface area contributed by atoms with Crippen molar-refractivity contribution >= 4 is 27.5 Å². The van der Waals surface area contributed by atoms with Crippen molar-refractivity contribution in [2.75, 3.05) is 25.0 Å². The monoisotopic (exact) mass is 469 g/mol. The summed E-state index contributed by atoms with van der Waals surface area (Å²) < 4.78 is 27.4. The first-order valence-electron chi connectivity index (χ1n) is 11.5. The predicted molar refractivity (Wildman–Crippen MR) is 127 cm³/mol. The van der Waals surface area contributed by atoms with Gasteiger partial charge in [-0.1, -0.05) is 31.2 Å². The van der Waals surface area contributed by atoms with Crippen molar-refractivity contribution in [2.45, 2.75) is 50.5 Å². The minimum absolute atomic E-state index is 0.0519. The van der Waals surface area contributed by atoms with Gasteiger partial charge in [0.05, 0.1) is 17.4 Å². The fraction of sp³-hybridized carbons (Fsp3) is 0.440. The lowest BCUT2D eigenvalue weighted by atomic mass is 9.90. The van der Waals surface area contributed by atoms with Gasteiger partial charge in [-0.25, -0.2) is 8.42 Å². The zero-order chi connectivity index (χ0) is 23.6. The van der Waals surface area contributed by atoms with Crippen LogP contribution in [-0.4, -0.2) is 49.1 Å². The van der Waals surface area contributed by atoms with Crippen molar-refractivity contribution in [1.82, 2.24) is 9.21 Å². The first-order valence-corrected chi connectivity index (χ1v) is 12.9. The maximum absolute atomic E-state index is 12.9. The first-order chi connectivity index (χ1) is 15.8. The molecule has 2 aromatic carbocycles. The van der Waals surface area contributed by atoms with Gasteiger partial charge in [-0.15, -0.1) is 0 Å². The minimum atomic E-state index is -3.53. The van der Waals surface area contributed by atoms with E-state index >= 15 is 0 Å². The molecule has 0 spiro atoms. The van der Waals surface area contributed by atoms with Crippen molar-refractivity contribution < 1.29 is 18.0 Å². The lowest BCUT2D eigenvalue weighted by Gasteiger charge is -2.36. The topological polar surface area (TPSA) is 86.8 Å². The molecule has 7 nitrogen and oxygen atoms in total. The molecule has 2 aliphatic heterocycles. The maximum Gasteiger partial charge on any atom is 0.243 e. The van der Waals surface area contributed by atoms with Gasteiger partial charge in [0.2, 0.25) is 21.8 Å². The number of nitrogens with zero attached hydrogens (tertiary/aromatic N) is 2. The second-order valence-electron chi connectivity index (χ2n) is 9.04. The lowest BCUT2D eigenvalue weighted by molar-refractivity contribution is -0.132. The van der Waals surface area contributed by atoms with E-state index in [1.165, 1.54) is 11.2 Å². The zero-order valence-electron chi connectivity index (χ0n) is 19.2. The SMILES string of the molecule is CC(=O)N1CCc2ccccc2C1CC(=O)Nc1ccc(S(=O)(=O)N2CCC(C)CC2)cc1. The molecule has 1 saturated heterocycles. The highest BCUT2D eigenvalue weighted by Gasteiger charge is 2.31. The number of hydrogen-bond donors (Lipinski definition) is 1. The van der Waals surface area contributed by atoms with Gasteiger partial charge in [-0.2, -0.15) is 4.31 Å². The smallest absolute Gasteiger partial charge is 0.243 e. The van der Waals surface area contributed by atoms with E-state index in [-0.39, 0.29) is 29.2 Å². The Morgan fingerprint density at radius 2 is 1.67 bits per heavy atom. The van der Waals surface area contributed by atoms with Crippen LogP contribution in [0.5, 0.6) is 0 Å². The number of anilines is 1. The summed E-state index contributed by atoms with van der Waals surface area (Å²) in [6.07, 6.45) is 2.66. The van der Waals surface area contributed by atoms with Crippen LogP contribution < -0.4 is 5.32 Å². The highest BCUT2D eigenvalue weighted by molar-refractivity contribution is 7.89. The van der Waals surface area contributed by atoms with E-state index in [1.54, 1.807) is 29.2 Å². The second-order valence-corrected chi connectivity index (χ2v) is 11.0. The number of fused-ring (bicyclic) bond motifs is 1. The largest absolute Gasteiger partial charge is 0.335 e. The Hall–Kier alpha value is -2.71. The van der Waals surface area contributed by atoms with E-state index in [1.807, 2.05) is 24.3 Å². The molecule has 0 aliphatic carbocycles. The molecule has 1 atom stereocenters. The van der Waals surface area contributed by atoms with Gasteiger partial charge in [-0.3, -0.25) is 9.59 Å². The van der Waals surface area contributed by atoms with Crippen LogP contribution in [0.25, 0.3) is 0 Å². The zero-order valence-corrected chi connectivity index (χ0v) is 20.0. The quantitative estimate of drug-likeness (QED) is 0.725. The lowest BCUT2D eigenvalue weighted by Crippen LogP contribution is -2.40. The fourth-order valence-corrected chi connectivity index (χ4v) is 6.19. The van der Waals surface area contributed by atoms with Crippen LogP contribution >= 0.6 is 0 Å². The Bertz CT molecular complexity index is 1120. The molecule has 2 aromatic rings. The molecule has 1 unspecified atom stereocenters. The van der Waals surface area contributed by atoms with Crippen LogP contribution in [0.4, 0.5) is 5.69 Å². The number of carbonyl (C=O) groups excluding carboxylic acids is 2. The van der Waals surface area contributed by atoms with Gasteiger partial charge in [0.25, 0.3) is 0 Å². The van der Waals surface area contributed by atoms with Crippen molar-refractivity contribution in [1.29, 1.82) is 0 Å². The normalized spacial score (nSPS) is 19.7. The summed E-state index contributed by atoms with van der Waals surface area (Å²) in [5, 5.41) is 2.86. The molecular formula is C25H31N3O4S. The Morgan fingerprint density at radius 1 is 1.00 bits per heavy atom. The van der Waals surface area contributed by atoms with E-state index in [2.05, 4.69) is 12.2 Å². The van der Waals surface area contributed by atoms with Gasteiger partial charge >= 0.3 is 0 Å². The van der Waals surface area contributed by atoms with E-state index < -0.39 is 10.0 Å². The number of hydrogen-bond acceptors (Lipinski definition) is 4. The molecule has 0 aromatic heterocycles. The third-order valence-corrected chi connectivity index (χ3v) is 8.63. The van der Waals surface area contributed by atoms with E-state index in [4.69, 9.17) is 0 Å². The third kappa shape index (κ3) is 5.12. The number of nitrogens with one attached hydrogen (secondary N) is 1. The molecule has 33 heavy (non-hydrogen) atoms. The van der Waals surface area contributed by atoms with Gasteiger partial charge in [0, 0.05) is 32.2 Å². The summed E-state index contributed by atoms with van der Waals surface area (Å²) in [7, 11) is -3.53. The van der Waals surface area contributed by atoms with Crippen molar-refractivity contribution in [3.63, 3.8) is 0 Å². The molecular weight excluding hydrogens is 438 g/mol. The highest BCUT2D eigenvalue weighted by atomic mass is 32.2. The Labute approximate surface area is 195 Å². The summed E-state index contributed by atoms with van der Waals surface area (Å²) in [4.78, 5) is 27.0. The van der Waals surface area contributed by atoms with Gasteiger partial charge in [-0.05, 0) is 60.6 Å². The molecule has 176 valence electrons. The van der Waals surface area contributed by atoms with Crippen LogP contribution in [0.1, 0.15) is 50.3 Å². The molecule has 1 N–H and O–H groups in total. The van der Waals surface area contributed by atoms with Crippen LogP contribution in [0.3, 0.4) is 0 Å². The number of sulfonamides is 1. The van der Waals surface area contributed by atoms with Crippen molar-refractivity contribution in [3.8, 4) is 0 Å². The maximum atomic E-state index is 12.9. The molecule has 0 radical (unpaired) electrons. The molecule has 4 rings (SSSR count). The van der Waals surface area contributed by atoms with Gasteiger partial charge in [0.1, 0.15) is 0 Å². The van der Waals surface area contributed by atoms with Crippen LogP contribution in [0.15, 0.2) is 53.4 Å². The second kappa shape index (κ2) is 9.65. The molecule has 0 saturated carbocycles. The Morgan fingerprint density at radius 3 is 2.33 bits per heavy atom. The van der Waals surface area contributed by atoms with E-state index in [0.29, 0.717) is 31.2 Å².